The zero-order valence-electron chi connectivity index (χ0n) is 18.8. The summed E-state index contributed by atoms with van der Waals surface area (Å²) in [5, 5.41) is 0. The molecule has 0 aromatic carbocycles. The molecule has 7 nitrogen and oxygen atoms in total. The van der Waals surface area contributed by atoms with E-state index in [2.05, 4.69) is 35.1 Å². The van der Waals surface area contributed by atoms with Gasteiger partial charge in [0.05, 0.1) is 23.3 Å². The van der Waals surface area contributed by atoms with Crippen molar-refractivity contribution in [1.29, 1.82) is 0 Å². The largest absolute Gasteiger partial charge is 0.337 e. The predicted molar refractivity (Wildman–Crippen MR) is 130 cm³/mol. The first-order valence-corrected chi connectivity index (χ1v) is 12.9. The molecule has 0 atom stereocenters. The highest BCUT2D eigenvalue weighted by atomic mass is 32.3. The van der Waals surface area contributed by atoms with Gasteiger partial charge in [-0.15, -0.1) is 10.8 Å². The number of likely N-dealkylation sites (tertiary alicyclic amines) is 1. The summed E-state index contributed by atoms with van der Waals surface area (Å²) in [4.78, 5) is 23.6. The Morgan fingerprint density at radius 1 is 1.09 bits per heavy atom. The molecule has 32 heavy (non-hydrogen) atoms. The molecule has 8 heteroatoms. The van der Waals surface area contributed by atoms with E-state index in [1.165, 1.54) is 5.56 Å². The van der Waals surface area contributed by atoms with Crippen molar-refractivity contribution in [3.63, 3.8) is 0 Å². The van der Waals surface area contributed by atoms with Gasteiger partial charge in [-0.3, -0.25) is 23.2 Å². The Bertz CT molecular complexity index is 985. The molecular formula is C24H32N4O3S. The number of aryl methyl sites for hydroxylation is 2. The number of anilines is 1. The van der Waals surface area contributed by atoms with Gasteiger partial charge < -0.3 is 4.90 Å². The van der Waals surface area contributed by atoms with Crippen molar-refractivity contribution in [2.45, 2.75) is 39.5 Å². The van der Waals surface area contributed by atoms with Gasteiger partial charge in [0.15, 0.2) is 0 Å². The van der Waals surface area contributed by atoms with Crippen LogP contribution in [0.5, 0.6) is 0 Å². The summed E-state index contributed by atoms with van der Waals surface area (Å²) >= 11 is 0. The first-order valence-electron chi connectivity index (χ1n) is 11.2. The van der Waals surface area contributed by atoms with E-state index in [9.17, 15) is 13.9 Å². The van der Waals surface area contributed by atoms with Crippen LogP contribution >= 0.6 is 10.8 Å². The molecule has 2 aromatic rings. The summed E-state index contributed by atoms with van der Waals surface area (Å²) in [5.41, 5.74) is 4.40. The topological polar surface area (TPSA) is 89.8 Å². The maximum atomic E-state index is 12.9. The Labute approximate surface area is 191 Å². The lowest BCUT2D eigenvalue weighted by Gasteiger charge is -2.47. The fraction of sp³-hybridized carbons (Fsp3) is 0.458. The molecule has 4 heterocycles. The highest BCUT2D eigenvalue weighted by Crippen LogP contribution is 2.49. The van der Waals surface area contributed by atoms with Crippen molar-refractivity contribution in [3.8, 4) is 0 Å². The molecule has 0 radical (unpaired) electrons. The molecule has 0 aliphatic carbocycles. The van der Waals surface area contributed by atoms with E-state index in [-0.39, 0.29) is 5.91 Å². The van der Waals surface area contributed by atoms with E-state index in [1.807, 2.05) is 18.0 Å². The highest BCUT2D eigenvalue weighted by Gasteiger charge is 2.28. The minimum absolute atomic E-state index is 0.0692. The Kier molecular flexibility index (Phi) is 6.83. The van der Waals surface area contributed by atoms with Crippen LogP contribution in [-0.4, -0.2) is 55.3 Å². The molecule has 172 valence electrons. The monoisotopic (exact) mass is 456 g/mol. The standard InChI is InChI=1S/C24H32N4O3S/c1-18-15-19(2)22(25-16-18)7-5-20-9-12-27(13-10-20)24(29)23-8-6-21(17-26-23)28-11-3-4-14-32(28,30)31/h5-8,15-17,20,30-31H,3-4,9-14H2,1-2H3/b7-5+. The molecule has 0 saturated carbocycles. The Hall–Kier alpha value is -2.42. The quantitative estimate of drug-likeness (QED) is 0.678. The van der Waals surface area contributed by atoms with Crippen LogP contribution in [0.3, 0.4) is 0 Å². The zero-order valence-corrected chi connectivity index (χ0v) is 19.6. The SMILES string of the molecule is Cc1cnc(/C=C/C2CCN(C(=O)c3ccc(N4CCCCS4(O)O)cn3)CC2)c(C)c1. The lowest BCUT2D eigenvalue weighted by Crippen LogP contribution is -2.38. The first kappa shape index (κ1) is 22.8. The van der Waals surface area contributed by atoms with E-state index in [0.717, 1.165) is 36.9 Å². The predicted octanol–water partition coefficient (Wildman–Crippen LogP) is 4.92. The van der Waals surface area contributed by atoms with Gasteiger partial charge in [0.25, 0.3) is 5.91 Å². The van der Waals surface area contributed by atoms with Gasteiger partial charge in [-0.1, -0.05) is 12.1 Å². The van der Waals surface area contributed by atoms with Crippen molar-refractivity contribution in [2.24, 2.45) is 5.92 Å². The molecule has 0 bridgehead atoms. The van der Waals surface area contributed by atoms with Gasteiger partial charge in [0.2, 0.25) is 0 Å². The first-order chi connectivity index (χ1) is 15.3. The summed E-state index contributed by atoms with van der Waals surface area (Å²) in [6.45, 7) is 6.11. The third-order valence-electron chi connectivity index (χ3n) is 6.25. The minimum Gasteiger partial charge on any atom is -0.337 e. The average Bonchev–Trinajstić information content (AvgIpc) is 2.78. The fourth-order valence-corrected chi connectivity index (χ4v) is 6.03. The second kappa shape index (κ2) is 9.60. The van der Waals surface area contributed by atoms with Gasteiger partial charge in [0, 0.05) is 25.8 Å². The maximum absolute atomic E-state index is 12.9. The summed E-state index contributed by atoms with van der Waals surface area (Å²) in [7, 11) is -2.78. The summed E-state index contributed by atoms with van der Waals surface area (Å²) < 4.78 is 22.2. The summed E-state index contributed by atoms with van der Waals surface area (Å²) in [5.74, 6) is 0.748. The van der Waals surface area contributed by atoms with E-state index in [1.54, 1.807) is 22.6 Å². The number of hydrogen-bond donors (Lipinski definition) is 2. The van der Waals surface area contributed by atoms with Crippen molar-refractivity contribution in [3.05, 3.63) is 59.2 Å². The number of carbonyl (C=O) groups is 1. The molecule has 0 unspecified atom stereocenters. The highest BCUT2D eigenvalue weighted by molar-refractivity contribution is 8.25. The molecule has 0 spiro atoms. The van der Waals surface area contributed by atoms with E-state index in [4.69, 9.17) is 0 Å². The van der Waals surface area contributed by atoms with Crippen LogP contribution < -0.4 is 4.31 Å². The van der Waals surface area contributed by atoms with Crippen LogP contribution in [0.1, 0.15) is 53.0 Å². The van der Waals surface area contributed by atoms with Crippen molar-refractivity contribution in [2.75, 3.05) is 29.7 Å². The van der Waals surface area contributed by atoms with Gasteiger partial charge in [-0.25, -0.2) is 4.98 Å². The molecule has 2 aromatic heterocycles. The number of aromatic nitrogens is 2. The molecule has 2 aliphatic heterocycles. The van der Waals surface area contributed by atoms with Crippen molar-refractivity contribution < 1.29 is 13.9 Å². The van der Waals surface area contributed by atoms with Crippen LogP contribution in [0.15, 0.2) is 36.7 Å². The van der Waals surface area contributed by atoms with Gasteiger partial charge in [-0.2, -0.15) is 0 Å². The molecule has 2 saturated heterocycles. The second-order valence-corrected chi connectivity index (χ2v) is 10.9. The van der Waals surface area contributed by atoms with E-state index in [0.29, 0.717) is 42.7 Å². The van der Waals surface area contributed by atoms with Gasteiger partial charge in [0.1, 0.15) is 5.69 Å². The third-order valence-corrected chi connectivity index (χ3v) is 8.18. The zero-order chi connectivity index (χ0) is 22.7. The van der Waals surface area contributed by atoms with Crippen LogP contribution in [-0.2, 0) is 0 Å². The van der Waals surface area contributed by atoms with Crippen LogP contribution in [0.25, 0.3) is 6.08 Å². The van der Waals surface area contributed by atoms with Gasteiger partial charge in [-0.05, 0) is 74.8 Å². The number of allylic oxidation sites excluding steroid dienone is 1. The molecular weight excluding hydrogens is 424 g/mol. The number of amides is 1. The molecule has 4 rings (SSSR count). The summed E-state index contributed by atoms with van der Waals surface area (Å²) in [6, 6.07) is 5.60. The van der Waals surface area contributed by atoms with Crippen LogP contribution in [0.4, 0.5) is 5.69 Å². The average molecular weight is 457 g/mol. The number of rotatable bonds is 4. The van der Waals surface area contributed by atoms with Crippen LogP contribution in [0, 0.1) is 19.8 Å². The smallest absolute Gasteiger partial charge is 0.272 e. The van der Waals surface area contributed by atoms with E-state index >= 15 is 0 Å². The molecule has 1 amide bonds. The summed E-state index contributed by atoms with van der Waals surface area (Å²) in [6.07, 6.45) is 11.4. The Morgan fingerprint density at radius 3 is 2.53 bits per heavy atom. The number of hydrogen-bond acceptors (Lipinski definition) is 6. The normalized spacial score (nSPS) is 20.5. The molecule has 2 fully saturated rings. The number of carbonyl (C=O) groups excluding carboxylic acids is 1. The Morgan fingerprint density at radius 2 is 1.88 bits per heavy atom. The molecule has 2 N–H and O–H groups in total. The maximum Gasteiger partial charge on any atom is 0.272 e. The third kappa shape index (κ3) is 5.14. The Balaban J connectivity index is 1.33. The van der Waals surface area contributed by atoms with Crippen molar-refractivity contribution >= 4 is 28.4 Å². The van der Waals surface area contributed by atoms with Gasteiger partial charge >= 0.3 is 0 Å². The number of pyridine rings is 2. The van der Waals surface area contributed by atoms with Crippen molar-refractivity contribution in [1.82, 2.24) is 14.9 Å². The molecule has 2 aliphatic rings. The number of piperidine rings is 1. The fourth-order valence-electron chi connectivity index (χ4n) is 4.35. The van der Waals surface area contributed by atoms with E-state index < -0.39 is 10.8 Å². The second-order valence-electron chi connectivity index (χ2n) is 8.75. The lowest BCUT2D eigenvalue weighted by atomic mass is 9.95. The number of nitrogens with zero attached hydrogens (tertiary/aromatic N) is 4. The minimum atomic E-state index is -2.78. The van der Waals surface area contributed by atoms with Crippen LogP contribution in [0.2, 0.25) is 0 Å². The lowest BCUT2D eigenvalue weighted by molar-refractivity contribution is 0.0699.